The van der Waals surface area contributed by atoms with Crippen molar-refractivity contribution in [1.82, 2.24) is 0 Å². The molecule has 0 fully saturated rings. The zero-order valence-corrected chi connectivity index (χ0v) is 10.3. The van der Waals surface area contributed by atoms with Crippen LogP contribution in [0.1, 0.15) is 20.3 Å². The molecule has 0 unspecified atom stereocenters. The fraction of sp³-hybridized carbons (Fsp3) is 1.00. The minimum Gasteiger partial charge on any atom is -0.384 e. The van der Waals surface area contributed by atoms with E-state index in [1.807, 2.05) is 25.6 Å². The van der Waals surface area contributed by atoms with Gasteiger partial charge in [0.05, 0.1) is 6.61 Å². The Bertz CT molecular complexity index is 106. The summed E-state index contributed by atoms with van der Waals surface area (Å²) in [7, 11) is 1.73. The molecular weight excluding hydrogens is 200 g/mol. The van der Waals surface area contributed by atoms with Crippen molar-refractivity contribution in [2.45, 2.75) is 26.6 Å². The molecule has 0 spiro atoms. The van der Waals surface area contributed by atoms with Crippen molar-refractivity contribution in [2.24, 2.45) is 0 Å². The number of hydrogen-bond acceptors (Lipinski definition) is 4. The van der Waals surface area contributed by atoms with Crippen LogP contribution in [-0.4, -0.2) is 44.7 Å². The first-order valence-corrected chi connectivity index (χ1v) is 6.30. The monoisotopic (exact) mass is 222 g/mol. The van der Waals surface area contributed by atoms with E-state index in [4.69, 9.17) is 14.2 Å². The first kappa shape index (κ1) is 14.2. The summed E-state index contributed by atoms with van der Waals surface area (Å²) in [5.41, 5.74) is 0. The molecule has 0 aromatic heterocycles. The molecule has 4 heteroatoms. The summed E-state index contributed by atoms with van der Waals surface area (Å²) >= 11 is 1.87. The van der Waals surface area contributed by atoms with Crippen LogP contribution in [0.3, 0.4) is 0 Å². The van der Waals surface area contributed by atoms with Crippen LogP contribution in [0.15, 0.2) is 0 Å². The molecule has 0 amide bonds. The second-order valence-electron chi connectivity index (χ2n) is 2.73. The number of rotatable bonds is 10. The van der Waals surface area contributed by atoms with Gasteiger partial charge in [0.25, 0.3) is 0 Å². The third kappa shape index (κ3) is 8.81. The zero-order valence-electron chi connectivity index (χ0n) is 9.45. The summed E-state index contributed by atoms with van der Waals surface area (Å²) in [5, 5.41) is 0. The van der Waals surface area contributed by atoms with Gasteiger partial charge in [0, 0.05) is 32.5 Å². The first-order valence-electron chi connectivity index (χ1n) is 5.15. The summed E-state index contributed by atoms with van der Waals surface area (Å²) in [6.07, 6.45) is 0.927. The largest absolute Gasteiger partial charge is 0.384 e. The molecule has 0 saturated carbocycles. The van der Waals surface area contributed by atoms with Crippen molar-refractivity contribution in [3.8, 4) is 0 Å². The fourth-order valence-corrected chi connectivity index (χ4v) is 1.86. The standard InChI is InChI=1S/C10H22O3S/c1-4-12-10(13-5-2)6-8-14-9-7-11-3/h10H,4-9H2,1-3H3. The highest BCUT2D eigenvalue weighted by Gasteiger charge is 2.06. The summed E-state index contributed by atoms with van der Waals surface area (Å²) in [6, 6.07) is 0. The van der Waals surface area contributed by atoms with Crippen molar-refractivity contribution in [2.75, 3.05) is 38.4 Å². The lowest BCUT2D eigenvalue weighted by atomic mass is 10.5. The molecule has 86 valence electrons. The summed E-state index contributed by atoms with van der Waals surface area (Å²) in [6.45, 7) is 6.23. The lowest BCUT2D eigenvalue weighted by molar-refractivity contribution is -0.136. The average molecular weight is 222 g/mol. The van der Waals surface area contributed by atoms with Crippen LogP contribution in [-0.2, 0) is 14.2 Å². The highest BCUT2D eigenvalue weighted by Crippen LogP contribution is 2.08. The quantitative estimate of drug-likeness (QED) is 0.418. The maximum absolute atomic E-state index is 5.42. The van der Waals surface area contributed by atoms with Gasteiger partial charge in [0.2, 0.25) is 0 Å². The molecule has 0 rings (SSSR count). The van der Waals surface area contributed by atoms with Crippen molar-refractivity contribution < 1.29 is 14.2 Å². The molecule has 14 heavy (non-hydrogen) atoms. The Morgan fingerprint density at radius 3 is 2.21 bits per heavy atom. The third-order valence-corrected chi connectivity index (χ3v) is 2.61. The summed E-state index contributed by atoms with van der Waals surface area (Å²) < 4.78 is 15.8. The predicted molar refractivity (Wildman–Crippen MR) is 60.9 cm³/mol. The Labute approximate surface area is 91.5 Å². The Balaban J connectivity index is 3.30. The van der Waals surface area contributed by atoms with Gasteiger partial charge in [0.15, 0.2) is 6.29 Å². The van der Waals surface area contributed by atoms with Crippen molar-refractivity contribution in [3.63, 3.8) is 0 Å². The summed E-state index contributed by atoms with van der Waals surface area (Å²) in [5.74, 6) is 2.11. The summed E-state index contributed by atoms with van der Waals surface area (Å²) in [4.78, 5) is 0. The average Bonchev–Trinajstić information content (AvgIpc) is 2.18. The van der Waals surface area contributed by atoms with E-state index in [0.29, 0.717) is 13.2 Å². The van der Waals surface area contributed by atoms with Crippen LogP contribution in [0.25, 0.3) is 0 Å². The van der Waals surface area contributed by atoms with Gasteiger partial charge in [-0.05, 0) is 19.6 Å². The second kappa shape index (κ2) is 11.3. The molecular formula is C10H22O3S. The minimum absolute atomic E-state index is 0.0277. The van der Waals surface area contributed by atoms with Crippen LogP contribution >= 0.6 is 11.8 Å². The Hall–Kier alpha value is 0.230. The fourth-order valence-electron chi connectivity index (χ4n) is 1.01. The van der Waals surface area contributed by atoms with Crippen LogP contribution in [0.2, 0.25) is 0 Å². The minimum atomic E-state index is -0.0277. The number of ether oxygens (including phenoxy) is 3. The molecule has 0 radical (unpaired) electrons. The molecule has 0 aromatic rings. The Morgan fingerprint density at radius 2 is 1.71 bits per heavy atom. The van der Waals surface area contributed by atoms with E-state index in [9.17, 15) is 0 Å². The third-order valence-electron chi connectivity index (χ3n) is 1.63. The molecule has 0 aromatic carbocycles. The van der Waals surface area contributed by atoms with Crippen molar-refractivity contribution in [1.29, 1.82) is 0 Å². The molecule has 0 aliphatic rings. The zero-order chi connectivity index (χ0) is 10.6. The number of thioether (sulfide) groups is 1. The van der Waals surface area contributed by atoms with Gasteiger partial charge in [-0.2, -0.15) is 11.8 Å². The van der Waals surface area contributed by atoms with E-state index in [1.165, 1.54) is 0 Å². The van der Waals surface area contributed by atoms with E-state index in [1.54, 1.807) is 7.11 Å². The molecule has 0 bridgehead atoms. The molecule has 0 aliphatic heterocycles. The molecule has 0 aliphatic carbocycles. The highest BCUT2D eigenvalue weighted by atomic mass is 32.2. The normalized spacial score (nSPS) is 11.1. The molecule has 0 atom stereocenters. The van der Waals surface area contributed by atoms with E-state index in [0.717, 1.165) is 24.5 Å². The van der Waals surface area contributed by atoms with Crippen LogP contribution in [0, 0.1) is 0 Å². The van der Waals surface area contributed by atoms with Gasteiger partial charge in [-0.25, -0.2) is 0 Å². The van der Waals surface area contributed by atoms with Crippen LogP contribution < -0.4 is 0 Å². The van der Waals surface area contributed by atoms with Gasteiger partial charge in [0.1, 0.15) is 0 Å². The molecule has 0 N–H and O–H groups in total. The van der Waals surface area contributed by atoms with Crippen molar-refractivity contribution in [3.05, 3.63) is 0 Å². The van der Waals surface area contributed by atoms with E-state index < -0.39 is 0 Å². The molecule has 3 nitrogen and oxygen atoms in total. The second-order valence-corrected chi connectivity index (χ2v) is 3.96. The van der Waals surface area contributed by atoms with Crippen LogP contribution in [0.5, 0.6) is 0 Å². The Kier molecular flexibility index (Phi) is 11.5. The lowest BCUT2D eigenvalue weighted by Gasteiger charge is -2.16. The highest BCUT2D eigenvalue weighted by molar-refractivity contribution is 7.99. The number of hydrogen-bond donors (Lipinski definition) is 0. The smallest absolute Gasteiger partial charge is 0.158 e. The predicted octanol–water partition coefficient (Wildman–Crippen LogP) is 2.16. The van der Waals surface area contributed by atoms with Crippen LogP contribution in [0.4, 0.5) is 0 Å². The number of methoxy groups -OCH3 is 1. The van der Waals surface area contributed by atoms with Gasteiger partial charge in [-0.3, -0.25) is 0 Å². The lowest BCUT2D eigenvalue weighted by Crippen LogP contribution is -2.18. The van der Waals surface area contributed by atoms with Gasteiger partial charge in [-0.1, -0.05) is 0 Å². The SMILES string of the molecule is CCOC(CCSCCOC)OCC. The first-order chi connectivity index (χ1) is 6.85. The Morgan fingerprint density at radius 1 is 1.07 bits per heavy atom. The maximum Gasteiger partial charge on any atom is 0.158 e. The van der Waals surface area contributed by atoms with E-state index >= 15 is 0 Å². The van der Waals surface area contributed by atoms with Crippen molar-refractivity contribution >= 4 is 11.8 Å². The van der Waals surface area contributed by atoms with E-state index in [-0.39, 0.29) is 6.29 Å². The molecule has 0 heterocycles. The van der Waals surface area contributed by atoms with Gasteiger partial charge < -0.3 is 14.2 Å². The van der Waals surface area contributed by atoms with Gasteiger partial charge >= 0.3 is 0 Å². The van der Waals surface area contributed by atoms with E-state index in [2.05, 4.69) is 0 Å². The maximum atomic E-state index is 5.42. The molecule has 0 saturated heterocycles. The topological polar surface area (TPSA) is 27.7 Å². The van der Waals surface area contributed by atoms with Gasteiger partial charge in [-0.15, -0.1) is 0 Å².